The lowest BCUT2D eigenvalue weighted by molar-refractivity contribution is 0.315. The molecule has 0 fully saturated rings. The summed E-state index contributed by atoms with van der Waals surface area (Å²) in [5, 5.41) is 14.8. The van der Waals surface area contributed by atoms with Crippen LogP contribution in [0.25, 0.3) is 0 Å². The van der Waals surface area contributed by atoms with E-state index in [2.05, 4.69) is 17.4 Å². The molecular formula is C12H26N2O. The normalized spacial score (nSPS) is 12.5. The van der Waals surface area contributed by atoms with Crippen LogP contribution < -0.4 is 5.32 Å². The van der Waals surface area contributed by atoms with E-state index in [1.807, 2.05) is 13.8 Å². The van der Waals surface area contributed by atoms with Gasteiger partial charge in [0.05, 0.1) is 11.8 Å². The number of hydrogen-bond acceptors (Lipinski definition) is 3. The molecule has 0 amide bonds. The van der Waals surface area contributed by atoms with Gasteiger partial charge in [0, 0.05) is 0 Å². The first-order valence-corrected chi connectivity index (χ1v) is 6.06. The van der Waals surface area contributed by atoms with Crippen molar-refractivity contribution in [1.29, 1.82) is 0 Å². The molecule has 0 heterocycles. The van der Waals surface area contributed by atoms with E-state index in [0.717, 1.165) is 6.54 Å². The van der Waals surface area contributed by atoms with E-state index in [9.17, 15) is 0 Å². The van der Waals surface area contributed by atoms with Gasteiger partial charge in [0.1, 0.15) is 0 Å². The van der Waals surface area contributed by atoms with E-state index in [-0.39, 0.29) is 5.54 Å². The van der Waals surface area contributed by atoms with Crippen molar-refractivity contribution in [1.82, 2.24) is 5.32 Å². The highest BCUT2D eigenvalue weighted by molar-refractivity contribution is 5.68. The Labute approximate surface area is 93.9 Å². The van der Waals surface area contributed by atoms with Crippen molar-refractivity contribution in [3.63, 3.8) is 0 Å². The summed E-state index contributed by atoms with van der Waals surface area (Å²) in [6.07, 6.45) is 9.38. The second-order valence-electron chi connectivity index (χ2n) is 4.66. The zero-order valence-corrected chi connectivity index (χ0v) is 10.4. The Kier molecular flexibility index (Phi) is 8.38. The lowest BCUT2D eigenvalue weighted by Gasteiger charge is -2.20. The summed E-state index contributed by atoms with van der Waals surface area (Å²) >= 11 is 0. The minimum absolute atomic E-state index is 0.196. The van der Waals surface area contributed by atoms with Crippen molar-refractivity contribution < 1.29 is 5.21 Å². The van der Waals surface area contributed by atoms with Gasteiger partial charge in [0.2, 0.25) is 0 Å². The Morgan fingerprint density at radius 1 is 1.13 bits per heavy atom. The zero-order chi connectivity index (χ0) is 11.6. The van der Waals surface area contributed by atoms with Crippen LogP contribution in [0.15, 0.2) is 5.16 Å². The predicted octanol–water partition coefficient (Wildman–Crippen LogP) is 3.18. The first kappa shape index (κ1) is 14.4. The number of rotatable bonds is 9. The summed E-state index contributed by atoms with van der Waals surface area (Å²) in [7, 11) is 0. The van der Waals surface area contributed by atoms with Gasteiger partial charge >= 0.3 is 0 Å². The fourth-order valence-corrected chi connectivity index (χ4v) is 1.51. The van der Waals surface area contributed by atoms with E-state index in [4.69, 9.17) is 5.21 Å². The quantitative estimate of drug-likeness (QED) is 0.268. The molecule has 0 atom stereocenters. The van der Waals surface area contributed by atoms with Crippen LogP contribution in [-0.2, 0) is 0 Å². The molecule has 0 aromatic rings. The molecule has 0 spiro atoms. The molecule has 3 heteroatoms. The fourth-order valence-electron chi connectivity index (χ4n) is 1.51. The summed E-state index contributed by atoms with van der Waals surface area (Å²) in [6, 6.07) is 0. The molecule has 0 aromatic carbocycles. The number of oxime groups is 1. The van der Waals surface area contributed by atoms with Gasteiger partial charge in [-0.05, 0) is 26.8 Å². The number of unbranched alkanes of at least 4 members (excludes halogenated alkanes) is 5. The van der Waals surface area contributed by atoms with Crippen LogP contribution in [0.2, 0.25) is 0 Å². The molecule has 15 heavy (non-hydrogen) atoms. The summed E-state index contributed by atoms with van der Waals surface area (Å²) in [4.78, 5) is 0. The van der Waals surface area contributed by atoms with Gasteiger partial charge in [-0.15, -0.1) is 5.16 Å². The van der Waals surface area contributed by atoms with Crippen LogP contribution in [0.1, 0.15) is 59.3 Å². The van der Waals surface area contributed by atoms with Crippen LogP contribution in [-0.4, -0.2) is 23.5 Å². The zero-order valence-electron chi connectivity index (χ0n) is 10.4. The molecule has 2 N–H and O–H groups in total. The first-order chi connectivity index (χ1) is 7.12. The largest absolute Gasteiger partial charge is 0.411 e. The summed E-state index contributed by atoms with van der Waals surface area (Å²) < 4.78 is 0. The fraction of sp³-hybridized carbons (Fsp3) is 0.917. The standard InChI is InChI=1S/C12H26N2O/c1-4-5-6-7-8-9-10-13-12(2,3)11-14-15/h11,13,15H,4-10H2,1-3H3/b14-11+. The van der Waals surface area contributed by atoms with E-state index < -0.39 is 0 Å². The Morgan fingerprint density at radius 2 is 1.73 bits per heavy atom. The Hall–Kier alpha value is -0.570. The molecule has 0 aromatic heterocycles. The molecule has 0 aliphatic rings. The van der Waals surface area contributed by atoms with Crippen molar-refractivity contribution in [3.8, 4) is 0 Å². The van der Waals surface area contributed by atoms with Gasteiger partial charge < -0.3 is 10.5 Å². The molecule has 3 nitrogen and oxygen atoms in total. The molecule has 90 valence electrons. The van der Waals surface area contributed by atoms with E-state index in [1.165, 1.54) is 44.7 Å². The third kappa shape index (κ3) is 9.73. The molecule has 0 bridgehead atoms. The van der Waals surface area contributed by atoms with Crippen molar-refractivity contribution in [2.24, 2.45) is 5.16 Å². The maximum absolute atomic E-state index is 8.43. The average molecular weight is 214 g/mol. The maximum Gasteiger partial charge on any atom is 0.0631 e. The van der Waals surface area contributed by atoms with Gasteiger partial charge in [0.15, 0.2) is 0 Å². The molecule has 0 saturated carbocycles. The lowest BCUT2D eigenvalue weighted by atomic mass is 10.1. The topological polar surface area (TPSA) is 44.6 Å². The summed E-state index contributed by atoms with van der Waals surface area (Å²) in [5.74, 6) is 0. The molecular weight excluding hydrogens is 188 g/mol. The number of nitrogens with one attached hydrogen (secondary N) is 1. The third-order valence-electron chi connectivity index (χ3n) is 2.49. The van der Waals surface area contributed by atoms with Crippen molar-refractivity contribution >= 4 is 6.21 Å². The van der Waals surface area contributed by atoms with Crippen LogP contribution in [0, 0.1) is 0 Å². The number of nitrogens with zero attached hydrogens (tertiary/aromatic N) is 1. The smallest absolute Gasteiger partial charge is 0.0631 e. The lowest BCUT2D eigenvalue weighted by Crippen LogP contribution is -2.41. The van der Waals surface area contributed by atoms with Crippen LogP contribution >= 0.6 is 0 Å². The van der Waals surface area contributed by atoms with Gasteiger partial charge in [-0.25, -0.2) is 0 Å². The van der Waals surface area contributed by atoms with E-state index in [0.29, 0.717) is 0 Å². The minimum Gasteiger partial charge on any atom is -0.411 e. The second-order valence-corrected chi connectivity index (χ2v) is 4.66. The Balaban J connectivity index is 3.30. The monoisotopic (exact) mass is 214 g/mol. The first-order valence-electron chi connectivity index (χ1n) is 6.06. The maximum atomic E-state index is 8.43. The summed E-state index contributed by atoms with van der Waals surface area (Å²) in [5.41, 5.74) is -0.196. The second kappa shape index (κ2) is 8.72. The van der Waals surface area contributed by atoms with Crippen molar-refractivity contribution in [2.45, 2.75) is 64.8 Å². The summed E-state index contributed by atoms with van der Waals surface area (Å²) in [6.45, 7) is 7.23. The van der Waals surface area contributed by atoms with Crippen molar-refractivity contribution in [3.05, 3.63) is 0 Å². The van der Waals surface area contributed by atoms with Gasteiger partial charge in [-0.3, -0.25) is 0 Å². The Morgan fingerprint density at radius 3 is 2.33 bits per heavy atom. The highest BCUT2D eigenvalue weighted by Crippen LogP contribution is 2.05. The molecule has 0 aliphatic heterocycles. The molecule has 0 radical (unpaired) electrons. The highest BCUT2D eigenvalue weighted by Gasteiger charge is 2.12. The predicted molar refractivity (Wildman–Crippen MR) is 65.7 cm³/mol. The van der Waals surface area contributed by atoms with E-state index in [1.54, 1.807) is 0 Å². The SMILES string of the molecule is CCCCCCCCNC(C)(C)/C=N/O. The van der Waals surface area contributed by atoms with Crippen molar-refractivity contribution in [2.75, 3.05) is 6.54 Å². The molecule has 0 saturated heterocycles. The molecule has 0 rings (SSSR count). The van der Waals surface area contributed by atoms with Gasteiger partial charge in [-0.2, -0.15) is 0 Å². The van der Waals surface area contributed by atoms with Gasteiger partial charge in [0.25, 0.3) is 0 Å². The van der Waals surface area contributed by atoms with Crippen LogP contribution in [0.3, 0.4) is 0 Å². The molecule has 0 aliphatic carbocycles. The third-order valence-corrected chi connectivity index (χ3v) is 2.49. The number of hydrogen-bond donors (Lipinski definition) is 2. The molecule has 0 unspecified atom stereocenters. The van der Waals surface area contributed by atoms with E-state index >= 15 is 0 Å². The minimum atomic E-state index is -0.196. The Bertz CT molecular complexity index is 167. The van der Waals surface area contributed by atoms with Gasteiger partial charge in [-0.1, -0.05) is 39.0 Å². The van der Waals surface area contributed by atoms with Crippen LogP contribution in [0.5, 0.6) is 0 Å². The average Bonchev–Trinajstić information content (AvgIpc) is 2.16. The van der Waals surface area contributed by atoms with Crippen LogP contribution in [0.4, 0.5) is 0 Å². The highest BCUT2D eigenvalue weighted by atomic mass is 16.4.